The topological polar surface area (TPSA) is 99.1 Å². The molecule has 2 aromatic carbocycles. The Morgan fingerprint density at radius 1 is 1.09 bits per heavy atom. The number of benzene rings is 2. The minimum Gasteiger partial charge on any atom is -0.468 e. The van der Waals surface area contributed by atoms with Crippen LogP contribution in [0.15, 0.2) is 58.7 Å². The Morgan fingerprint density at radius 2 is 1.88 bits per heavy atom. The number of aryl methyl sites for hydroxylation is 1. The smallest absolute Gasteiger partial charge is 0.336 e. The lowest BCUT2D eigenvalue weighted by atomic mass is 9.75. The van der Waals surface area contributed by atoms with E-state index < -0.39 is 23.8 Å². The number of fused-ring (bicyclic) bond motifs is 2. The first-order chi connectivity index (χ1) is 20.8. The van der Waals surface area contributed by atoms with E-state index in [1.165, 1.54) is 12.7 Å². The van der Waals surface area contributed by atoms with Gasteiger partial charge in [0.1, 0.15) is 5.92 Å². The van der Waals surface area contributed by atoms with E-state index in [0.717, 1.165) is 48.0 Å². The van der Waals surface area contributed by atoms with Gasteiger partial charge in [0.05, 0.1) is 43.7 Å². The number of carbonyl (C=O) groups is 2. The summed E-state index contributed by atoms with van der Waals surface area (Å²) in [5.41, 5.74) is 6.08. The van der Waals surface area contributed by atoms with Gasteiger partial charge >= 0.3 is 11.9 Å². The average Bonchev–Trinajstić information content (AvgIpc) is 3.00. The largest absolute Gasteiger partial charge is 0.468 e. The van der Waals surface area contributed by atoms with Crippen LogP contribution >= 0.6 is 23.2 Å². The maximum Gasteiger partial charge on any atom is 0.336 e. The van der Waals surface area contributed by atoms with Gasteiger partial charge in [-0.1, -0.05) is 41.4 Å². The van der Waals surface area contributed by atoms with Crippen molar-refractivity contribution < 1.29 is 23.8 Å². The highest BCUT2D eigenvalue weighted by Gasteiger charge is 2.43. The van der Waals surface area contributed by atoms with Crippen LogP contribution in [0.2, 0.25) is 10.0 Å². The van der Waals surface area contributed by atoms with E-state index in [9.17, 15) is 9.59 Å². The first kappa shape index (κ1) is 31.0. The molecule has 0 spiro atoms. The van der Waals surface area contributed by atoms with Crippen molar-refractivity contribution in [1.82, 2.24) is 4.98 Å². The Hall–Kier alpha value is -3.46. The van der Waals surface area contributed by atoms with E-state index >= 15 is 0 Å². The van der Waals surface area contributed by atoms with Gasteiger partial charge in [-0.3, -0.25) is 14.8 Å². The van der Waals surface area contributed by atoms with E-state index in [1.54, 1.807) is 32.0 Å². The van der Waals surface area contributed by atoms with Crippen molar-refractivity contribution in [1.29, 1.82) is 0 Å². The lowest BCUT2D eigenvalue weighted by Gasteiger charge is -2.32. The highest BCUT2D eigenvalue weighted by Crippen LogP contribution is 2.42. The van der Waals surface area contributed by atoms with Crippen LogP contribution in [0.4, 0.5) is 5.69 Å². The molecule has 10 heteroatoms. The van der Waals surface area contributed by atoms with Crippen molar-refractivity contribution in [3.05, 3.63) is 80.6 Å². The minimum absolute atomic E-state index is 0.0484. The minimum atomic E-state index is -0.839. The van der Waals surface area contributed by atoms with Crippen LogP contribution in [-0.2, 0) is 36.6 Å². The molecule has 0 fully saturated rings. The SMILES string of the molecule is CCOC(=O)C1=C(COCCNc2c3c(nc4cc(Cl)ccc24)CCCC3)N=C(C)C(C(=O)OC)C1c1ccccc1Cl. The van der Waals surface area contributed by atoms with Gasteiger partial charge in [0.2, 0.25) is 0 Å². The Kier molecular flexibility index (Phi) is 10.0. The summed E-state index contributed by atoms with van der Waals surface area (Å²) in [5, 5.41) is 5.69. The quantitative estimate of drug-likeness (QED) is 0.198. The predicted molar refractivity (Wildman–Crippen MR) is 169 cm³/mol. The Bertz CT molecular complexity index is 1600. The Labute approximate surface area is 261 Å². The highest BCUT2D eigenvalue weighted by molar-refractivity contribution is 6.32. The molecule has 0 radical (unpaired) electrons. The van der Waals surface area contributed by atoms with E-state index in [0.29, 0.717) is 40.2 Å². The number of aliphatic imine (C=N–C) groups is 1. The van der Waals surface area contributed by atoms with Gasteiger partial charge in [-0.25, -0.2) is 4.79 Å². The molecule has 0 bridgehead atoms. The fraction of sp³-hybridized carbons (Fsp3) is 0.394. The van der Waals surface area contributed by atoms with Crippen molar-refractivity contribution in [3.8, 4) is 0 Å². The Balaban J connectivity index is 1.40. The summed E-state index contributed by atoms with van der Waals surface area (Å²) in [4.78, 5) is 35.9. The zero-order valence-corrected chi connectivity index (χ0v) is 26.1. The zero-order chi connectivity index (χ0) is 30.5. The van der Waals surface area contributed by atoms with E-state index in [-0.39, 0.29) is 18.8 Å². The molecule has 1 aliphatic carbocycles. The van der Waals surface area contributed by atoms with Crippen LogP contribution in [0, 0.1) is 5.92 Å². The summed E-state index contributed by atoms with van der Waals surface area (Å²) >= 11 is 12.9. The number of pyridine rings is 1. The monoisotopic (exact) mass is 623 g/mol. The molecule has 1 aromatic heterocycles. The number of esters is 2. The van der Waals surface area contributed by atoms with E-state index in [4.69, 9.17) is 42.4 Å². The number of halogens is 2. The van der Waals surface area contributed by atoms with Gasteiger partial charge in [0, 0.05) is 45.0 Å². The number of rotatable bonds is 10. The number of nitrogens with zero attached hydrogens (tertiary/aromatic N) is 2. The number of ether oxygens (including phenoxy) is 3. The molecule has 1 N–H and O–H groups in total. The third-order valence-corrected chi connectivity index (χ3v) is 8.50. The van der Waals surface area contributed by atoms with Crippen molar-refractivity contribution in [3.63, 3.8) is 0 Å². The molecular weight excluding hydrogens is 589 g/mol. The van der Waals surface area contributed by atoms with Gasteiger partial charge in [-0.05, 0) is 74.9 Å². The molecule has 2 atom stereocenters. The fourth-order valence-electron chi connectivity index (χ4n) is 6.01. The first-order valence-electron chi connectivity index (χ1n) is 14.5. The lowest BCUT2D eigenvalue weighted by molar-refractivity contribution is -0.144. The van der Waals surface area contributed by atoms with Gasteiger partial charge < -0.3 is 19.5 Å². The zero-order valence-electron chi connectivity index (χ0n) is 24.5. The number of aromatic nitrogens is 1. The number of hydrogen-bond acceptors (Lipinski definition) is 8. The van der Waals surface area contributed by atoms with Crippen LogP contribution in [0.5, 0.6) is 0 Å². The van der Waals surface area contributed by atoms with E-state index in [1.807, 2.05) is 24.3 Å². The van der Waals surface area contributed by atoms with Crippen LogP contribution in [0.1, 0.15) is 49.4 Å². The molecule has 1 aliphatic heterocycles. The van der Waals surface area contributed by atoms with Crippen LogP contribution < -0.4 is 5.32 Å². The van der Waals surface area contributed by atoms with Crippen molar-refractivity contribution >= 4 is 57.4 Å². The summed E-state index contributed by atoms with van der Waals surface area (Å²) in [6, 6.07) is 12.9. The number of methoxy groups -OCH3 is 1. The second-order valence-electron chi connectivity index (χ2n) is 10.6. The molecule has 5 rings (SSSR count). The molecule has 2 unspecified atom stereocenters. The second-order valence-corrected chi connectivity index (χ2v) is 11.4. The van der Waals surface area contributed by atoms with Gasteiger partial charge in [0.15, 0.2) is 0 Å². The molecule has 2 aliphatic rings. The van der Waals surface area contributed by atoms with Crippen LogP contribution in [0.3, 0.4) is 0 Å². The summed E-state index contributed by atoms with van der Waals surface area (Å²) < 4.78 is 16.7. The summed E-state index contributed by atoms with van der Waals surface area (Å²) in [6.45, 7) is 4.56. The normalized spacial score (nSPS) is 18.2. The first-order valence-corrected chi connectivity index (χ1v) is 15.3. The molecule has 2 heterocycles. The van der Waals surface area contributed by atoms with Gasteiger partial charge in [-0.2, -0.15) is 0 Å². The molecule has 0 amide bonds. The number of anilines is 1. The van der Waals surface area contributed by atoms with Crippen molar-refractivity contribution in [2.45, 2.75) is 45.4 Å². The van der Waals surface area contributed by atoms with E-state index in [2.05, 4.69) is 10.3 Å². The third-order valence-electron chi connectivity index (χ3n) is 7.92. The van der Waals surface area contributed by atoms with Crippen molar-refractivity contribution in [2.75, 3.05) is 38.8 Å². The number of carbonyl (C=O) groups excluding carboxylic acids is 2. The number of nitrogens with one attached hydrogen (secondary N) is 1. The molecule has 226 valence electrons. The fourth-order valence-corrected chi connectivity index (χ4v) is 6.43. The molecule has 43 heavy (non-hydrogen) atoms. The molecule has 3 aromatic rings. The van der Waals surface area contributed by atoms with Gasteiger partial charge in [-0.15, -0.1) is 0 Å². The summed E-state index contributed by atoms with van der Waals surface area (Å²) in [6.07, 6.45) is 4.17. The molecular formula is C33H35Cl2N3O5. The number of hydrogen-bond donors (Lipinski definition) is 1. The average molecular weight is 625 g/mol. The van der Waals surface area contributed by atoms with Gasteiger partial charge in [0.25, 0.3) is 0 Å². The van der Waals surface area contributed by atoms with Crippen LogP contribution in [0.25, 0.3) is 10.9 Å². The predicted octanol–water partition coefficient (Wildman–Crippen LogP) is 6.71. The van der Waals surface area contributed by atoms with Crippen LogP contribution in [-0.4, -0.2) is 56.1 Å². The maximum absolute atomic E-state index is 13.4. The maximum atomic E-state index is 13.4. The highest BCUT2D eigenvalue weighted by atomic mass is 35.5. The van der Waals surface area contributed by atoms with Crippen molar-refractivity contribution in [2.24, 2.45) is 10.9 Å². The molecule has 0 saturated heterocycles. The lowest BCUT2D eigenvalue weighted by Crippen LogP contribution is -2.37. The third kappa shape index (κ3) is 6.56. The summed E-state index contributed by atoms with van der Waals surface area (Å²) in [7, 11) is 1.32. The Morgan fingerprint density at radius 3 is 2.65 bits per heavy atom. The molecule has 0 saturated carbocycles. The standard InChI is InChI=1S/C33H35Cl2N3O5/c1-4-43-33(40)30-27(37-19(2)28(32(39)41-3)29(30)21-9-5-7-11-24(21)35)18-42-16-15-36-31-22-10-6-8-12-25(22)38-26-17-20(34)13-14-23(26)31/h5,7,9,11,13-14,17,28-29H,4,6,8,10,12,15-16,18H2,1-3H3,(H,36,38). The second kappa shape index (κ2) is 13.9. The molecule has 8 nitrogen and oxygen atoms in total. The summed E-state index contributed by atoms with van der Waals surface area (Å²) in [5.74, 6) is -2.65.